The van der Waals surface area contributed by atoms with Crippen molar-refractivity contribution >= 4 is 12.4 Å². The van der Waals surface area contributed by atoms with Crippen LogP contribution >= 0.6 is 0 Å². The van der Waals surface area contributed by atoms with Gasteiger partial charge in [0.1, 0.15) is 5.75 Å². The van der Waals surface area contributed by atoms with E-state index in [1.807, 2.05) is 0 Å². The average Bonchev–Trinajstić information content (AvgIpc) is 2.18. The van der Waals surface area contributed by atoms with Crippen molar-refractivity contribution in [1.82, 2.24) is 0 Å². The summed E-state index contributed by atoms with van der Waals surface area (Å²) in [5.74, 6) is 0.445. The molecule has 1 aromatic carbocycles. The summed E-state index contributed by atoms with van der Waals surface area (Å²) >= 11 is 0. The third kappa shape index (κ3) is 3.69. The van der Waals surface area contributed by atoms with Gasteiger partial charge in [0.05, 0.1) is 6.61 Å². The van der Waals surface area contributed by atoms with Crippen molar-refractivity contribution in [2.24, 2.45) is 0 Å². The molecule has 0 atom stereocenters. The van der Waals surface area contributed by atoms with E-state index >= 15 is 0 Å². The van der Waals surface area contributed by atoms with Gasteiger partial charge in [0.15, 0.2) is 0 Å². The molecule has 0 aliphatic carbocycles. The summed E-state index contributed by atoms with van der Waals surface area (Å²) in [7, 11) is 0. The Hall–Kier alpha value is -1.39. The molecule has 82 valence electrons. The second-order valence-corrected chi connectivity index (χ2v) is 3.07. The van der Waals surface area contributed by atoms with Crippen LogP contribution in [0.1, 0.15) is 6.42 Å². The van der Waals surface area contributed by atoms with Gasteiger partial charge in [-0.15, -0.1) is 12.0 Å². The zero-order valence-corrected chi connectivity index (χ0v) is 8.13. The first kappa shape index (κ1) is 11.7. The highest BCUT2D eigenvalue weighted by Crippen LogP contribution is 2.13. The molecule has 0 radical (unpaired) electrons. The quantitative estimate of drug-likeness (QED) is 0.416. The van der Waals surface area contributed by atoms with Gasteiger partial charge in [-0.3, -0.25) is 0 Å². The minimum Gasteiger partial charge on any atom is -0.493 e. The molecular weight excluding hydrogens is 204 g/mol. The zero-order chi connectivity index (χ0) is 11.3. The van der Waals surface area contributed by atoms with Crippen molar-refractivity contribution in [3.63, 3.8) is 0 Å². The third-order valence-electron chi connectivity index (χ3n) is 1.85. The maximum absolute atomic E-state index is 12.2. The Bertz CT molecular complexity index is 318. The fourth-order valence-corrected chi connectivity index (χ4v) is 1.04. The molecule has 0 saturated heterocycles. The Labute approximate surface area is 86.6 Å². The Balaban J connectivity index is 2.60. The van der Waals surface area contributed by atoms with Gasteiger partial charge >= 0.3 is 6.98 Å². The predicted octanol–water partition coefficient (Wildman–Crippen LogP) is 2.70. The van der Waals surface area contributed by atoms with Gasteiger partial charge in [0, 0.05) is 0 Å². The highest BCUT2D eigenvalue weighted by Gasteiger charge is 2.24. The van der Waals surface area contributed by atoms with Crippen LogP contribution in [-0.4, -0.2) is 13.6 Å². The molecule has 5 heteroatoms. The van der Waals surface area contributed by atoms with Crippen LogP contribution in [-0.2, 0) is 0 Å². The number of ether oxygens (including phenoxy) is 1. The summed E-state index contributed by atoms with van der Waals surface area (Å²) in [5.41, 5.74) is -0.605. The van der Waals surface area contributed by atoms with Crippen LogP contribution in [0.25, 0.3) is 0 Å². The van der Waals surface area contributed by atoms with E-state index in [4.69, 9.17) is 4.74 Å². The van der Waals surface area contributed by atoms with Crippen LogP contribution in [0.3, 0.4) is 0 Å². The first-order chi connectivity index (χ1) is 7.04. The summed E-state index contributed by atoms with van der Waals surface area (Å²) in [4.78, 5) is 0. The molecule has 0 aliphatic rings. The van der Waals surface area contributed by atoms with Gasteiger partial charge < -0.3 is 17.7 Å². The monoisotopic (exact) mass is 215 g/mol. The van der Waals surface area contributed by atoms with Crippen LogP contribution < -0.4 is 10.2 Å². The van der Waals surface area contributed by atoms with Gasteiger partial charge in [-0.2, -0.15) is 0 Å². The van der Waals surface area contributed by atoms with Crippen LogP contribution in [0.15, 0.2) is 36.9 Å². The zero-order valence-electron chi connectivity index (χ0n) is 8.13. The van der Waals surface area contributed by atoms with Gasteiger partial charge in [-0.05, 0) is 18.6 Å². The molecule has 1 nitrogen and oxygen atoms in total. The highest BCUT2D eigenvalue weighted by molar-refractivity contribution is 6.73. The molecule has 0 heterocycles. The SMILES string of the molecule is C=CCCOc1ccc([B-](F)(F)F)cc1. The topological polar surface area (TPSA) is 9.23 Å². The second kappa shape index (κ2) is 4.91. The largest absolute Gasteiger partial charge is 0.509 e. The average molecular weight is 215 g/mol. The maximum Gasteiger partial charge on any atom is 0.509 e. The van der Waals surface area contributed by atoms with E-state index in [-0.39, 0.29) is 0 Å². The van der Waals surface area contributed by atoms with Crippen molar-refractivity contribution < 1.29 is 17.7 Å². The Morgan fingerprint density at radius 3 is 2.27 bits per heavy atom. The van der Waals surface area contributed by atoms with Crippen LogP contribution in [0, 0.1) is 0 Å². The van der Waals surface area contributed by atoms with Crippen molar-refractivity contribution in [3.8, 4) is 5.75 Å². The molecule has 0 spiro atoms. The maximum atomic E-state index is 12.2. The fourth-order valence-electron chi connectivity index (χ4n) is 1.04. The van der Waals surface area contributed by atoms with E-state index in [1.165, 1.54) is 12.1 Å². The van der Waals surface area contributed by atoms with Crippen LogP contribution in [0.5, 0.6) is 5.75 Å². The smallest absolute Gasteiger partial charge is 0.493 e. The molecule has 0 unspecified atom stereocenters. The molecule has 0 saturated carbocycles. The van der Waals surface area contributed by atoms with Gasteiger partial charge in [-0.1, -0.05) is 18.2 Å². The number of hydrogen-bond acceptors (Lipinski definition) is 1. The van der Waals surface area contributed by atoms with E-state index in [9.17, 15) is 12.9 Å². The van der Waals surface area contributed by atoms with Crippen LogP contribution in [0.4, 0.5) is 12.9 Å². The fraction of sp³-hybridized carbons (Fsp3) is 0.200. The Kier molecular flexibility index (Phi) is 3.83. The molecule has 15 heavy (non-hydrogen) atoms. The van der Waals surface area contributed by atoms with E-state index in [0.29, 0.717) is 18.8 Å². The van der Waals surface area contributed by atoms with Crippen molar-refractivity contribution in [2.45, 2.75) is 6.42 Å². The first-order valence-electron chi connectivity index (χ1n) is 4.57. The normalized spacial score (nSPS) is 11.1. The predicted molar refractivity (Wildman–Crippen MR) is 55.5 cm³/mol. The summed E-state index contributed by atoms with van der Waals surface area (Å²) in [5, 5.41) is 0. The first-order valence-corrected chi connectivity index (χ1v) is 4.57. The summed E-state index contributed by atoms with van der Waals surface area (Å²) < 4.78 is 41.9. The number of hydrogen-bond donors (Lipinski definition) is 0. The van der Waals surface area contributed by atoms with Gasteiger partial charge in [0.2, 0.25) is 0 Å². The van der Waals surface area contributed by atoms with Crippen molar-refractivity contribution in [3.05, 3.63) is 36.9 Å². The minimum atomic E-state index is -4.91. The van der Waals surface area contributed by atoms with E-state index < -0.39 is 12.4 Å². The van der Waals surface area contributed by atoms with Crippen molar-refractivity contribution in [1.29, 1.82) is 0 Å². The lowest BCUT2D eigenvalue weighted by atomic mass is 9.80. The summed E-state index contributed by atoms with van der Waals surface area (Å²) in [6.07, 6.45) is 2.36. The van der Waals surface area contributed by atoms with Gasteiger partial charge in [0.25, 0.3) is 0 Å². The molecule has 1 aromatic rings. The lowest BCUT2D eigenvalue weighted by Crippen LogP contribution is -2.33. The summed E-state index contributed by atoms with van der Waals surface area (Å²) in [6.45, 7) is -0.968. The number of benzene rings is 1. The number of halogens is 3. The Morgan fingerprint density at radius 1 is 1.20 bits per heavy atom. The number of rotatable bonds is 5. The summed E-state index contributed by atoms with van der Waals surface area (Å²) in [6, 6.07) is 4.72. The standard InChI is InChI=1S/C10H11BF3O/c1-2-3-8-15-10-6-4-9(5-7-10)11(12,13)14/h2,4-7H,1,3,8H2/q-1. The molecule has 0 bridgehead atoms. The molecule has 0 aromatic heterocycles. The van der Waals surface area contributed by atoms with E-state index in [0.717, 1.165) is 12.1 Å². The van der Waals surface area contributed by atoms with Gasteiger partial charge in [-0.25, -0.2) is 0 Å². The second-order valence-electron chi connectivity index (χ2n) is 3.07. The third-order valence-corrected chi connectivity index (χ3v) is 1.85. The van der Waals surface area contributed by atoms with Crippen molar-refractivity contribution in [2.75, 3.05) is 6.61 Å². The molecule has 0 fully saturated rings. The van der Waals surface area contributed by atoms with Crippen LogP contribution in [0.2, 0.25) is 0 Å². The van der Waals surface area contributed by atoms with E-state index in [1.54, 1.807) is 6.08 Å². The van der Waals surface area contributed by atoms with E-state index in [2.05, 4.69) is 6.58 Å². The lowest BCUT2D eigenvalue weighted by molar-refractivity contribution is 0.325. The lowest BCUT2D eigenvalue weighted by Gasteiger charge is -2.14. The minimum absolute atomic E-state index is 0.431. The highest BCUT2D eigenvalue weighted by atomic mass is 19.4. The molecule has 1 rings (SSSR count). The molecule has 0 amide bonds. The Morgan fingerprint density at radius 2 is 1.80 bits per heavy atom. The molecule has 0 N–H and O–H groups in total. The molecular formula is C10H11BF3O-. The molecule has 0 aliphatic heterocycles.